The summed E-state index contributed by atoms with van der Waals surface area (Å²) in [5.41, 5.74) is -0.608. The summed E-state index contributed by atoms with van der Waals surface area (Å²) < 4.78 is 10.4. The first kappa shape index (κ1) is 19.6. The number of H-pyrrole nitrogens is 1. The average Bonchev–Trinajstić information content (AvgIpc) is 2.64. The number of likely N-dealkylation sites (N-methyl/N-ethyl adjacent to an activating group) is 1. The zero-order valence-electron chi connectivity index (χ0n) is 15.6. The summed E-state index contributed by atoms with van der Waals surface area (Å²) in [5, 5.41) is 13.5. The third kappa shape index (κ3) is 3.91. The second kappa shape index (κ2) is 8.57. The molecule has 0 spiro atoms. The van der Waals surface area contributed by atoms with Crippen LogP contribution in [-0.2, 0) is 0 Å². The van der Waals surface area contributed by atoms with Crippen LogP contribution in [-0.4, -0.2) is 56.4 Å². The van der Waals surface area contributed by atoms with Gasteiger partial charge in [0.1, 0.15) is 11.3 Å². The normalized spacial score (nSPS) is 11.0. The maximum absolute atomic E-state index is 12.4. The zero-order valence-corrected chi connectivity index (χ0v) is 15.6. The van der Waals surface area contributed by atoms with Gasteiger partial charge in [-0.15, -0.1) is 0 Å². The van der Waals surface area contributed by atoms with Gasteiger partial charge in [-0.1, -0.05) is 0 Å². The Morgan fingerprint density at radius 1 is 1.19 bits per heavy atom. The molecule has 1 aromatic carbocycles. The number of amides is 1. The van der Waals surface area contributed by atoms with Gasteiger partial charge in [0.25, 0.3) is 11.5 Å². The Kier molecular flexibility index (Phi) is 6.46. The SMILES string of the molecule is CC[NH+](CC)CCNC(=O)c1c(O)c2cc(OC)c(OC)cc2[nH]c1=O. The molecule has 142 valence electrons. The summed E-state index contributed by atoms with van der Waals surface area (Å²) in [6.07, 6.45) is 0. The number of quaternary nitrogens is 1. The maximum Gasteiger partial charge on any atom is 0.265 e. The van der Waals surface area contributed by atoms with Crippen LogP contribution in [0.3, 0.4) is 0 Å². The lowest BCUT2D eigenvalue weighted by Crippen LogP contribution is -3.12. The number of methoxy groups -OCH3 is 2. The molecular weight excluding hydrogens is 338 g/mol. The molecule has 1 amide bonds. The molecule has 4 N–H and O–H groups in total. The smallest absolute Gasteiger partial charge is 0.265 e. The molecule has 0 unspecified atom stereocenters. The average molecular weight is 364 g/mol. The number of aromatic hydroxyl groups is 1. The van der Waals surface area contributed by atoms with Crippen molar-refractivity contribution in [3.8, 4) is 17.2 Å². The standard InChI is InChI=1S/C18H25N3O5/c1-5-21(6-2)8-7-19-17(23)15-16(22)11-9-13(25-3)14(26-4)10-12(11)20-18(15)24/h9-10H,5-8H2,1-4H3,(H,19,23)(H2,20,22,24)/p+1. The minimum absolute atomic E-state index is 0.306. The lowest BCUT2D eigenvalue weighted by atomic mass is 10.1. The zero-order chi connectivity index (χ0) is 19.3. The fourth-order valence-corrected chi connectivity index (χ4v) is 2.86. The van der Waals surface area contributed by atoms with Crippen LogP contribution in [0, 0.1) is 0 Å². The third-order valence-electron chi connectivity index (χ3n) is 4.48. The first-order valence-electron chi connectivity index (χ1n) is 8.59. The summed E-state index contributed by atoms with van der Waals surface area (Å²) in [7, 11) is 2.94. The highest BCUT2D eigenvalue weighted by Crippen LogP contribution is 2.35. The van der Waals surface area contributed by atoms with Crippen LogP contribution in [0.25, 0.3) is 10.9 Å². The molecule has 0 bridgehead atoms. The lowest BCUT2D eigenvalue weighted by Gasteiger charge is -2.16. The molecule has 0 radical (unpaired) electrons. The van der Waals surface area contributed by atoms with Crippen molar-refractivity contribution in [1.82, 2.24) is 10.3 Å². The molecule has 0 fully saturated rings. The number of hydrogen-bond donors (Lipinski definition) is 4. The summed E-state index contributed by atoms with van der Waals surface area (Å²) in [6, 6.07) is 3.07. The van der Waals surface area contributed by atoms with E-state index < -0.39 is 11.5 Å². The number of pyridine rings is 1. The maximum atomic E-state index is 12.4. The molecule has 1 aromatic heterocycles. The Bertz CT molecular complexity index is 843. The van der Waals surface area contributed by atoms with Crippen LogP contribution in [0.15, 0.2) is 16.9 Å². The van der Waals surface area contributed by atoms with E-state index in [-0.39, 0.29) is 11.3 Å². The molecule has 8 nitrogen and oxygen atoms in total. The number of carbonyl (C=O) groups is 1. The van der Waals surface area contributed by atoms with Gasteiger partial charge in [0.2, 0.25) is 0 Å². The van der Waals surface area contributed by atoms with Crippen molar-refractivity contribution >= 4 is 16.8 Å². The summed E-state index contributed by atoms with van der Waals surface area (Å²) in [6.45, 7) is 7.21. The Balaban J connectivity index is 2.35. The highest BCUT2D eigenvalue weighted by molar-refractivity contribution is 6.02. The van der Waals surface area contributed by atoms with Crippen LogP contribution in [0.1, 0.15) is 24.2 Å². The van der Waals surface area contributed by atoms with E-state index >= 15 is 0 Å². The van der Waals surface area contributed by atoms with E-state index in [2.05, 4.69) is 24.1 Å². The first-order chi connectivity index (χ1) is 12.5. The monoisotopic (exact) mass is 364 g/mol. The third-order valence-corrected chi connectivity index (χ3v) is 4.48. The molecule has 0 aliphatic rings. The fraction of sp³-hybridized carbons (Fsp3) is 0.444. The quantitative estimate of drug-likeness (QED) is 0.524. The predicted molar refractivity (Wildman–Crippen MR) is 98.6 cm³/mol. The van der Waals surface area contributed by atoms with Crippen molar-refractivity contribution < 1.29 is 24.3 Å². The topological polar surface area (TPSA) is 105 Å². The molecule has 26 heavy (non-hydrogen) atoms. The molecule has 2 rings (SSSR count). The molecule has 0 aliphatic carbocycles. The Labute approximate surface area is 151 Å². The van der Waals surface area contributed by atoms with Crippen molar-refractivity contribution in [3.05, 3.63) is 28.0 Å². The highest BCUT2D eigenvalue weighted by Gasteiger charge is 2.21. The fourth-order valence-electron chi connectivity index (χ4n) is 2.86. The van der Waals surface area contributed by atoms with Crippen LogP contribution in [0.2, 0.25) is 0 Å². The number of aromatic nitrogens is 1. The van der Waals surface area contributed by atoms with Gasteiger partial charge in [-0.2, -0.15) is 0 Å². The lowest BCUT2D eigenvalue weighted by molar-refractivity contribution is -0.895. The summed E-state index contributed by atoms with van der Waals surface area (Å²) >= 11 is 0. The summed E-state index contributed by atoms with van der Waals surface area (Å²) in [4.78, 5) is 28.7. The van der Waals surface area contributed by atoms with Gasteiger partial charge < -0.3 is 29.8 Å². The van der Waals surface area contributed by atoms with Crippen molar-refractivity contribution in [2.24, 2.45) is 0 Å². The van der Waals surface area contributed by atoms with Crippen LogP contribution in [0.5, 0.6) is 17.2 Å². The highest BCUT2D eigenvalue weighted by atomic mass is 16.5. The van der Waals surface area contributed by atoms with Gasteiger partial charge in [-0.25, -0.2) is 0 Å². The molecule has 1 heterocycles. The first-order valence-corrected chi connectivity index (χ1v) is 8.59. The largest absolute Gasteiger partial charge is 0.506 e. The second-order valence-corrected chi connectivity index (χ2v) is 5.89. The molecule has 8 heteroatoms. The van der Waals surface area contributed by atoms with Crippen molar-refractivity contribution in [3.63, 3.8) is 0 Å². The Morgan fingerprint density at radius 3 is 2.38 bits per heavy atom. The Hall–Kier alpha value is -2.74. The van der Waals surface area contributed by atoms with E-state index in [0.717, 1.165) is 19.6 Å². The van der Waals surface area contributed by atoms with Crippen molar-refractivity contribution in [2.75, 3.05) is 40.4 Å². The Morgan fingerprint density at radius 2 is 1.81 bits per heavy atom. The second-order valence-electron chi connectivity index (χ2n) is 5.89. The summed E-state index contributed by atoms with van der Waals surface area (Å²) in [5.74, 6) is -0.183. The number of fused-ring (bicyclic) bond motifs is 1. The van der Waals surface area contributed by atoms with Crippen molar-refractivity contribution in [2.45, 2.75) is 13.8 Å². The van der Waals surface area contributed by atoms with Crippen LogP contribution < -0.4 is 25.2 Å². The van der Waals surface area contributed by atoms with Gasteiger partial charge in [0, 0.05) is 11.5 Å². The number of rotatable bonds is 8. The number of ether oxygens (including phenoxy) is 2. The van der Waals surface area contributed by atoms with E-state index in [9.17, 15) is 14.7 Å². The van der Waals surface area contributed by atoms with E-state index in [0.29, 0.717) is 28.9 Å². The van der Waals surface area contributed by atoms with E-state index in [1.807, 2.05) is 0 Å². The number of nitrogens with one attached hydrogen (secondary N) is 3. The van der Waals surface area contributed by atoms with Gasteiger partial charge in [0.15, 0.2) is 11.5 Å². The number of aromatic amines is 1. The molecule has 0 saturated heterocycles. The number of carbonyl (C=O) groups excluding carboxylic acids is 1. The van der Waals surface area contributed by atoms with E-state index in [4.69, 9.17) is 9.47 Å². The van der Waals surface area contributed by atoms with Gasteiger partial charge >= 0.3 is 0 Å². The van der Waals surface area contributed by atoms with Crippen LogP contribution >= 0.6 is 0 Å². The van der Waals surface area contributed by atoms with Crippen LogP contribution in [0.4, 0.5) is 0 Å². The minimum Gasteiger partial charge on any atom is -0.506 e. The predicted octanol–water partition coefficient (Wildman–Crippen LogP) is -0.0946. The molecule has 0 saturated carbocycles. The van der Waals surface area contributed by atoms with Crippen molar-refractivity contribution in [1.29, 1.82) is 0 Å². The minimum atomic E-state index is -0.657. The van der Waals surface area contributed by atoms with E-state index in [1.165, 1.54) is 25.2 Å². The number of benzene rings is 1. The number of hydrogen-bond acceptors (Lipinski definition) is 5. The molecule has 2 aromatic rings. The van der Waals surface area contributed by atoms with E-state index in [1.54, 1.807) is 6.07 Å². The molecule has 0 atom stereocenters. The van der Waals surface area contributed by atoms with Gasteiger partial charge in [0.05, 0.1) is 45.9 Å². The van der Waals surface area contributed by atoms with Gasteiger partial charge in [-0.3, -0.25) is 9.59 Å². The van der Waals surface area contributed by atoms with Gasteiger partial charge in [-0.05, 0) is 19.9 Å². The molecular formula is C18H26N3O5+. The molecule has 0 aliphatic heterocycles.